The van der Waals surface area contributed by atoms with E-state index < -0.39 is 0 Å². The van der Waals surface area contributed by atoms with Crippen molar-refractivity contribution in [3.63, 3.8) is 0 Å². The van der Waals surface area contributed by atoms with Crippen LogP contribution in [0.2, 0.25) is 0 Å². The molecule has 0 saturated carbocycles. The SMILES string of the molecule is CC(C)CN(CC=Cc1ccccc1)C(=O)CN1CCCC1=O. The molecule has 2 amide bonds. The molecule has 23 heavy (non-hydrogen) atoms. The third kappa shape index (κ3) is 5.55. The summed E-state index contributed by atoms with van der Waals surface area (Å²) in [6.07, 6.45) is 5.48. The molecule has 0 aliphatic carbocycles. The molecular formula is C19H26N2O2. The van der Waals surface area contributed by atoms with Crippen LogP contribution < -0.4 is 0 Å². The standard InChI is InChI=1S/C19H26N2O2/c1-16(2)14-20(12-6-10-17-8-4-3-5-9-17)19(23)15-21-13-7-11-18(21)22/h3-6,8-10,16H,7,11-15H2,1-2H3. The van der Waals surface area contributed by atoms with Crippen LogP contribution in [0.3, 0.4) is 0 Å². The summed E-state index contributed by atoms with van der Waals surface area (Å²) in [4.78, 5) is 27.7. The minimum Gasteiger partial charge on any atom is -0.337 e. The Morgan fingerprint density at radius 2 is 2.04 bits per heavy atom. The van der Waals surface area contributed by atoms with Crippen molar-refractivity contribution in [1.29, 1.82) is 0 Å². The van der Waals surface area contributed by atoms with E-state index in [-0.39, 0.29) is 18.4 Å². The Balaban J connectivity index is 1.94. The van der Waals surface area contributed by atoms with Crippen LogP contribution in [0.25, 0.3) is 6.08 Å². The zero-order chi connectivity index (χ0) is 16.7. The number of likely N-dealkylation sites (tertiary alicyclic amines) is 1. The molecule has 1 aromatic carbocycles. The van der Waals surface area contributed by atoms with Crippen LogP contribution in [-0.4, -0.2) is 47.8 Å². The summed E-state index contributed by atoms with van der Waals surface area (Å²) in [6.45, 7) is 6.41. The van der Waals surface area contributed by atoms with Crippen LogP contribution >= 0.6 is 0 Å². The van der Waals surface area contributed by atoms with Gasteiger partial charge < -0.3 is 9.80 Å². The second-order valence-electron chi connectivity index (χ2n) is 6.42. The van der Waals surface area contributed by atoms with E-state index in [0.29, 0.717) is 32.0 Å². The molecule has 1 aromatic rings. The van der Waals surface area contributed by atoms with Crippen molar-refractivity contribution >= 4 is 17.9 Å². The number of rotatable bonds is 7. The van der Waals surface area contributed by atoms with Crippen LogP contribution in [0.1, 0.15) is 32.3 Å². The summed E-state index contributed by atoms with van der Waals surface area (Å²) in [5.41, 5.74) is 1.12. The molecule has 0 bridgehead atoms. The van der Waals surface area contributed by atoms with Crippen LogP contribution in [0.5, 0.6) is 0 Å². The molecule has 0 atom stereocenters. The molecule has 0 unspecified atom stereocenters. The Hall–Kier alpha value is -2.10. The maximum atomic E-state index is 12.5. The van der Waals surface area contributed by atoms with Crippen molar-refractivity contribution in [3.05, 3.63) is 42.0 Å². The van der Waals surface area contributed by atoms with E-state index in [0.717, 1.165) is 12.0 Å². The number of nitrogens with zero attached hydrogens (tertiary/aromatic N) is 2. The maximum absolute atomic E-state index is 12.5. The summed E-state index contributed by atoms with van der Waals surface area (Å²) >= 11 is 0. The number of carbonyl (C=O) groups excluding carboxylic acids is 2. The van der Waals surface area contributed by atoms with E-state index in [1.165, 1.54) is 0 Å². The molecule has 4 nitrogen and oxygen atoms in total. The summed E-state index contributed by atoms with van der Waals surface area (Å²) in [7, 11) is 0. The lowest BCUT2D eigenvalue weighted by Crippen LogP contribution is -2.42. The molecule has 1 aliphatic heterocycles. The molecule has 1 heterocycles. The largest absolute Gasteiger partial charge is 0.337 e. The highest BCUT2D eigenvalue weighted by Crippen LogP contribution is 2.11. The lowest BCUT2D eigenvalue weighted by atomic mass is 10.2. The Morgan fingerprint density at radius 1 is 1.30 bits per heavy atom. The topological polar surface area (TPSA) is 40.6 Å². The fraction of sp³-hybridized carbons (Fsp3) is 0.474. The molecular weight excluding hydrogens is 288 g/mol. The van der Waals surface area contributed by atoms with Gasteiger partial charge in [0.15, 0.2) is 0 Å². The van der Waals surface area contributed by atoms with Gasteiger partial charge in [-0.3, -0.25) is 9.59 Å². The van der Waals surface area contributed by atoms with Crippen LogP contribution in [0.4, 0.5) is 0 Å². The minimum absolute atomic E-state index is 0.0339. The van der Waals surface area contributed by atoms with Gasteiger partial charge in [-0.15, -0.1) is 0 Å². The number of amides is 2. The van der Waals surface area contributed by atoms with Gasteiger partial charge in [-0.2, -0.15) is 0 Å². The summed E-state index contributed by atoms with van der Waals surface area (Å²) in [5, 5.41) is 0. The van der Waals surface area contributed by atoms with Crippen LogP contribution in [0, 0.1) is 5.92 Å². The van der Waals surface area contributed by atoms with Gasteiger partial charge >= 0.3 is 0 Å². The smallest absolute Gasteiger partial charge is 0.242 e. The zero-order valence-corrected chi connectivity index (χ0v) is 14.1. The summed E-state index contributed by atoms with van der Waals surface area (Å²) in [5.74, 6) is 0.535. The van der Waals surface area contributed by atoms with Gasteiger partial charge in [0, 0.05) is 26.1 Å². The second kappa shape index (κ2) is 8.51. The van der Waals surface area contributed by atoms with Crippen molar-refractivity contribution in [2.24, 2.45) is 5.92 Å². The van der Waals surface area contributed by atoms with Gasteiger partial charge in [0.25, 0.3) is 0 Å². The van der Waals surface area contributed by atoms with Gasteiger partial charge in [0.1, 0.15) is 0 Å². The first kappa shape index (κ1) is 17.3. The highest BCUT2D eigenvalue weighted by molar-refractivity contribution is 5.86. The average Bonchev–Trinajstić information content (AvgIpc) is 2.92. The zero-order valence-electron chi connectivity index (χ0n) is 14.1. The number of hydrogen-bond acceptors (Lipinski definition) is 2. The van der Waals surface area contributed by atoms with Crippen molar-refractivity contribution in [3.8, 4) is 0 Å². The van der Waals surface area contributed by atoms with Crippen molar-refractivity contribution < 1.29 is 9.59 Å². The van der Waals surface area contributed by atoms with E-state index in [4.69, 9.17) is 0 Å². The normalized spacial score (nSPS) is 14.9. The fourth-order valence-electron chi connectivity index (χ4n) is 2.73. The second-order valence-corrected chi connectivity index (χ2v) is 6.42. The highest BCUT2D eigenvalue weighted by atomic mass is 16.2. The third-order valence-electron chi connectivity index (χ3n) is 3.87. The Bertz CT molecular complexity index is 552. The van der Waals surface area contributed by atoms with Gasteiger partial charge in [0.05, 0.1) is 6.54 Å². The maximum Gasteiger partial charge on any atom is 0.242 e. The monoisotopic (exact) mass is 314 g/mol. The molecule has 4 heteroatoms. The first-order valence-electron chi connectivity index (χ1n) is 8.33. The van der Waals surface area contributed by atoms with E-state index in [9.17, 15) is 9.59 Å². The van der Waals surface area contributed by atoms with E-state index >= 15 is 0 Å². The first-order chi connectivity index (χ1) is 11.1. The molecule has 0 aromatic heterocycles. The fourth-order valence-corrected chi connectivity index (χ4v) is 2.73. The highest BCUT2D eigenvalue weighted by Gasteiger charge is 2.24. The first-order valence-corrected chi connectivity index (χ1v) is 8.33. The van der Waals surface area contributed by atoms with Crippen molar-refractivity contribution in [2.75, 3.05) is 26.2 Å². The van der Waals surface area contributed by atoms with E-state index in [1.807, 2.05) is 47.4 Å². The number of carbonyl (C=O) groups is 2. The minimum atomic E-state index is 0.0339. The van der Waals surface area contributed by atoms with E-state index in [2.05, 4.69) is 13.8 Å². The molecule has 0 spiro atoms. The van der Waals surface area contributed by atoms with Gasteiger partial charge in [-0.1, -0.05) is 56.3 Å². The van der Waals surface area contributed by atoms with E-state index in [1.54, 1.807) is 4.90 Å². The van der Waals surface area contributed by atoms with Gasteiger partial charge in [-0.25, -0.2) is 0 Å². The quantitative estimate of drug-likeness (QED) is 0.776. The van der Waals surface area contributed by atoms with Gasteiger partial charge in [0.2, 0.25) is 11.8 Å². The molecule has 0 N–H and O–H groups in total. The Morgan fingerprint density at radius 3 is 2.65 bits per heavy atom. The molecule has 124 valence electrons. The summed E-state index contributed by atoms with van der Waals surface area (Å²) in [6, 6.07) is 10.0. The molecule has 0 radical (unpaired) electrons. The van der Waals surface area contributed by atoms with Crippen LogP contribution in [-0.2, 0) is 9.59 Å². The Kier molecular flexibility index (Phi) is 6.39. The lowest BCUT2D eigenvalue weighted by Gasteiger charge is -2.26. The average molecular weight is 314 g/mol. The molecule has 2 rings (SSSR count). The predicted molar refractivity (Wildman–Crippen MR) is 92.7 cm³/mol. The third-order valence-corrected chi connectivity index (χ3v) is 3.87. The number of hydrogen-bond donors (Lipinski definition) is 0. The molecule has 1 fully saturated rings. The number of benzene rings is 1. The summed E-state index contributed by atoms with van der Waals surface area (Å²) < 4.78 is 0. The lowest BCUT2D eigenvalue weighted by molar-refractivity contribution is -0.138. The van der Waals surface area contributed by atoms with Crippen LogP contribution in [0.15, 0.2) is 36.4 Å². The van der Waals surface area contributed by atoms with Gasteiger partial charge in [-0.05, 0) is 17.9 Å². The molecule has 1 saturated heterocycles. The predicted octanol–water partition coefficient (Wildman–Crippen LogP) is 2.81. The van der Waals surface area contributed by atoms with Crippen molar-refractivity contribution in [1.82, 2.24) is 9.80 Å². The Labute approximate surface area is 138 Å². The molecule has 1 aliphatic rings. The van der Waals surface area contributed by atoms with Crippen molar-refractivity contribution in [2.45, 2.75) is 26.7 Å².